The second-order valence-corrected chi connectivity index (χ2v) is 6.24. The van der Waals surface area contributed by atoms with Gasteiger partial charge in [-0.25, -0.2) is 9.37 Å². The molecule has 8 heteroatoms. The Bertz CT molecular complexity index is 742. The minimum absolute atomic E-state index is 0.0873. The normalized spacial score (nSPS) is 12.0. The summed E-state index contributed by atoms with van der Waals surface area (Å²) in [6, 6.07) is 3.48. The molecule has 0 fully saturated rings. The van der Waals surface area contributed by atoms with Crippen molar-refractivity contribution in [3.05, 3.63) is 55.9 Å². The molecule has 0 saturated heterocycles. The summed E-state index contributed by atoms with van der Waals surface area (Å²) in [6.45, 7) is 1.64. The monoisotopic (exact) mass is 405 g/mol. The Kier molecular flexibility index (Phi) is 5.26. The molecule has 2 rings (SSSR count). The SMILES string of the molecule is CC(NC(=O)c1cc(Br)cnc1N)c1c(Cl)ccc(F)c1Cl. The van der Waals surface area contributed by atoms with Gasteiger partial charge < -0.3 is 11.1 Å². The molecular weight excluding hydrogens is 396 g/mol. The van der Waals surface area contributed by atoms with Crippen molar-refractivity contribution in [2.75, 3.05) is 5.73 Å². The molecule has 22 heavy (non-hydrogen) atoms. The maximum Gasteiger partial charge on any atom is 0.255 e. The molecule has 1 aromatic carbocycles. The largest absolute Gasteiger partial charge is 0.383 e. The average Bonchev–Trinajstić information content (AvgIpc) is 2.45. The Morgan fingerprint density at radius 1 is 1.45 bits per heavy atom. The summed E-state index contributed by atoms with van der Waals surface area (Å²) in [5.74, 6) is -0.981. The zero-order valence-electron chi connectivity index (χ0n) is 11.3. The van der Waals surface area contributed by atoms with Crippen LogP contribution in [0.4, 0.5) is 10.2 Å². The van der Waals surface area contributed by atoms with E-state index in [0.29, 0.717) is 10.0 Å². The fraction of sp³-hybridized carbons (Fsp3) is 0.143. The lowest BCUT2D eigenvalue weighted by Crippen LogP contribution is -2.28. The van der Waals surface area contributed by atoms with E-state index in [4.69, 9.17) is 28.9 Å². The van der Waals surface area contributed by atoms with Gasteiger partial charge in [-0.05, 0) is 41.1 Å². The second-order valence-electron chi connectivity index (χ2n) is 4.54. The average molecular weight is 407 g/mol. The Morgan fingerprint density at radius 3 is 2.82 bits per heavy atom. The van der Waals surface area contributed by atoms with E-state index < -0.39 is 17.8 Å². The van der Waals surface area contributed by atoms with Gasteiger partial charge in [0.25, 0.3) is 5.91 Å². The molecule has 0 radical (unpaired) electrons. The van der Waals surface area contributed by atoms with Crippen LogP contribution < -0.4 is 11.1 Å². The number of nitrogens with one attached hydrogen (secondary N) is 1. The molecule has 1 atom stereocenters. The van der Waals surface area contributed by atoms with Crippen molar-refractivity contribution in [3.8, 4) is 0 Å². The number of rotatable bonds is 3. The van der Waals surface area contributed by atoms with Crippen LogP contribution in [-0.4, -0.2) is 10.9 Å². The minimum atomic E-state index is -0.610. The number of nitrogens with zero attached hydrogens (tertiary/aromatic N) is 1. The zero-order chi connectivity index (χ0) is 16.4. The molecule has 1 aromatic heterocycles. The van der Waals surface area contributed by atoms with Crippen LogP contribution in [0.15, 0.2) is 28.9 Å². The molecule has 1 heterocycles. The lowest BCUT2D eigenvalue weighted by atomic mass is 10.1. The van der Waals surface area contributed by atoms with Crippen molar-refractivity contribution in [1.29, 1.82) is 0 Å². The summed E-state index contributed by atoms with van der Waals surface area (Å²) in [5, 5.41) is 2.81. The highest BCUT2D eigenvalue weighted by molar-refractivity contribution is 9.10. The number of carbonyl (C=O) groups is 1. The van der Waals surface area contributed by atoms with Crippen molar-refractivity contribution in [2.45, 2.75) is 13.0 Å². The molecule has 0 aliphatic rings. The first-order chi connectivity index (χ1) is 10.3. The van der Waals surface area contributed by atoms with Gasteiger partial charge in [0, 0.05) is 21.3 Å². The molecule has 0 spiro atoms. The first kappa shape index (κ1) is 17.0. The van der Waals surface area contributed by atoms with Crippen LogP contribution in [-0.2, 0) is 0 Å². The smallest absolute Gasteiger partial charge is 0.255 e. The number of amides is 1. The first-order valence-corrected chi connectivity index (χ1v) is 7.71. The lowest BCUT2D eigenvalue weighted by Gasteiger charge is -2.18. The van der Waals surface area contributed by atoms with E-state index >= 15 is 0 Å². The number of pyridine rings is 1. The third-order valence-corrected chi connectivity index (χ3v) is 4.14. The van der Waals surface area contributed by atoms with Crippen LogP contribution in [0, 0.1) is 5.82 Å². The molecule has 0 aliphatic carbocycles. The Labute approximate surface area is 144 Å². The number of hydrogen-bond acceptors (Lipinski definition) is 3. The number of benzene rings is 1. The van der Waals surface area contributed by atoms with E-state index in [1.165, 1.54) is 18.3 Å². The summed E-state index contributed by atoms with van der Waals surface area (Å²) < 4.78 is 14.2. The summed E-state index contributed by atoms with van der Waals surface area (Å²) in [4.78, 5) is 16.2. The van der Waals surface area contributed by atoms with E-state index in [9.17, 15) is 9.18 Å². The molecular formula is C14H11BrCl2FN3O. The number of carbonyl (C=O) groups excluding carboxylic acids is 1. The maximum atomic E-state index is 13.6. The molecule has 1 amide bonds. The summed E-state index contributed by atoms with van der Waals surface area (Å²) in [6.07, 6.45) is 1.48. The van der Waals surface area contributed by atoms with E-state index in [0.717, 1.165) is 0 Å². The van der Waals surface area contributed by atoms with Gasteiger partial charge in [-0.3, -0.25) is 4.79 Å². The molecule has 2 aromatic rings. The van der Waals surface area contributed by atoms with Gasteiger partial charge in [0.15, 0.2) is 0 Å². The fourth-order valence-electron chi connectivity index (χ4n) is 1.92. The van der Waals surface area contributed by atoms with Crippen LogP contribution in [0.1, 0.15) is 28.9 Å². The zero-order valence-corrected chi connectivity index (χ0v) is 14.4. The van der Waals surface area contributed by atoms with Gasteiger partial charge in [0.05, 0.1) is 16.6 Å². The molecule has 1 unspecified atom stereocenters. The Morgan fingerprint density at radius 2 is 2.14 bits per heavy atom. The minimum Gasteiger partial charge on any atom is -0.383 e. The van der Waals surface area contributed by atoms with Gasteiger partial charge in [-0.15, -0.1) is 0 Å². The molecule has 0 saturated carbocycles. The van der Waals surface area contributed by atoms with Gasteiger partial charge in [0.1, 0.15) is 11.6 Å². The van der Waals surface area contributed by atoms with E-state index in [1.54, 1.807) is 13.0 Å². The predicted octanol–water partition coefficient (Wildman–Crippen LogP) is 4.36. The van der Waals surface area contributed by atoms with Gasteiger partial charge >= 0.3 is 0 Å². The van der Waals surface area contributed by atoms with Crippen LogP contribution in [0.5, 0.6) is 0 Å². The maximum absolute atomic E-state index is 13.6. The molecule has 4 nitrogen and oxygen atoms in total. The summed E-state index contributed by atoms with van der Waals surface area (Å²) >= 11 is 15.2. The molecule has 116 valence electrons. The van der Waals surface area contributed by atoms with Gasteiger partial charge in [0.2, 0.25) is 0 Å². The van der Waals surface area contributed by atoms with Crippen molar-refractivity contribution in [2.24, 2.45) is 0 Å². The first-order valence-electron chi connectivity index (χ1n) is 6.16. The van der Waals surface area contributed by atoms with Crippen molar-refractivity contribution < 1.29 is 9.18 Å². The van der Waals surface area contributed by atoms with Crippen molar-refractivity contribution in [3.63, 3.8) is 0 Å². The van der Waals surface area contributed by atoms with Crippen LogP contribution >= 0.6 is 39.1 Å². The third-order valence-electron chi connectivity index (χ3n) is 2.99. The van der Waals surface area contributed by atoms with Gasteiger partial charge in [-0.1, -0.05) is 23.2 Å². The molecule has 0 bridgehead atoms. The number of nitrogen functional groups attached to an aromatic ring is 1. The van der Waals surface area contributed by atoms with Crippen molar-refractivity contribution in [1.82, 2.24) is 10.3 Å². The van der Waals surface area contributed by atoms with Crippen LogP contribution in [0.25, 0.3) is 0 Å². The van der Waals surface area contributed by atoms with Crippen molar-refractivity contribution >= 4 is 50.9 Å². The number of aromatic nitrogens is 1. The quantitative estimate of drug-likeness (QED) is 0.744. The standard InChI is InChI=1S/C14H11BrCl2FN3O/c1-6(11-9(16)2-3-10(18)12(11)17)21-14(22)8-4-7(15)5-20-13(8)19/h2-6H,1H3,(H2,19,20)(H,21,22). The summed E-state index contributed by atoms with van der Waals surface area (Å²) in [5.41, 5.74) is 6.19. The van der Waals surface area contributed by atoms with E-state index in [-0.39, 0.29) is 21.4 Å². The molecule has 0 aliphatic heterocycles. The summed E-state index contributed by atoms with van der Waals surface area (Å²) in [7, 11) is 0. The topological polar surface area (TPSA) is 68.0 Å². The highest BCUT2D eigenvalue weighted by atomic mass is 79.9. The highest BCUT2D eigenvalue weighted by Crippen LogP contribution is 2.32. The van der Waals surface area contributed by atoms with Crippen LogP contribution in [0.2, 0.25) is 10.0 Å². The van der Waals surface area contributed by atoms with E-state index in [1.807, 2.05) is 0 Å². The lowest BCUT2D eigenvalue weighted by molar-refractivity contribution is 0.0940. The van der Waals surface area contributed by atoms with Crippen LogP contribution in [0.3, 0.4) is 0 Å². The number of hydrogen-bond donors (Lipinski definition) is 2. The Hall–Kier alpha value is -1.37. The number of halogens is 4. The predicted molar refractivity (Wildman–Crippen MR) is 88.7 cm³/mol. The number of nitrogens with two attached hydrogens (primary N) is 1. The Balaban J connectivity index is 2.29. The fourth-order valence-corrected chi connectivity index (χ4v) is 2.95. The number of anilines is 1. The second kappa shape index (κ2) is 6.81. The third kappa shape index (κ3) is 3.51. The molecule has 3 N–H and O–H groups in total. The van der Waals surface area contributed by atoms with E-state index in [2.05, 4.69) is 26.2 Å². The highest BCUT2D eigenvalue weighted by Gasteiger charge is 2.20. The van der Waals surface area contributed by atoms with Gasteiger partial charge in [-0.2, -0.15) is 0 Å².